The molecule has 5 heteroatoms. The van der Waals surface area contributed by atoms with Crippen molar-refractivity contribution in [3.8, 4) is 0 Å². The zero-order chi connectivity index (χ0) is 14.5. The minimum atomic E-state index is -0.802. The maximum atomic E-state index is 12.3. The predicted molar refractivity (Wildman–Crippen MR) is 78.4 cm³/mol. The lowest BCUT2D eigenvalue weighted by atomic mass is 9.82. The number of carboxylic acid groups (broad SMARTS) is 1. The van der Waals surface area contributed by atoms with Gasteiger partial charge in [-0.3, -0.25) is 9.59 Å². The van der Waals surface area contributed by atoms with Gasteiger partial charge in [-0.15, -0.1) is 0 Å². The fraction of sp³-hybridized carbons (Fsp3) is 0.857. The topological polar surface area (TPSA) is 57.6 Å². The second-order valence-corrected chi connectivity index (χ2v) is 6.59. The van der Waals surface area contributed by atoms with Gasteiger partial charge in [0.1, 0.15) is 0 Å². The lowest BCUT2D eigenvalue weighted by molar-refractivity contribution is -0.153. The maximum Gasteiger partial charge on any atom is 0.310 e. The number of hydrogen-bond acceptors (Lipinski definition) is 3. The Balaban J connectivity index is 2.59. The second-order valence-electron chi connectivity index (χ2n) is 5.60. The van der Waals surface area contributed by atoms with Gasteiger partial charge in [-0.1, -0.05) is 12.8 Å². The molecule has 0 radical (unpaired) electrons. The number of rotatable bonds is 7. The van der Waals surface area contributed by atoms with Crippen molar-refractivity contribution >= 4 is 23.6 Å². The smallest absolute Gasteiger partial charge is 0.310 e. The molecule has 0 aromatic carbocycles. The Bertz CT molecular complexity index is 327. The molecule has 1 saturated carbocycles. The van der Waals surface area contributed by atoms with Crippen LogP contribution >= 0.6 is 11.8 Å². The first-order valence-corrected chi connectivity index (χ1v) is 8.30. The van der Waals surface area contributed by atoms with Crippen molar-refractivity contribution in [1.82, 2.24) is 4.90 Å². The van der Waals surface area contributed by atoms with Crippen LogP contribution in [0.3, 0.4) is 0 Å². The van der Waals surface area contributed by atoms with Crippen LogP contribution in [-0.2, 0) is 9.59 Å². The van der Waals surface area contributed by atoms with Crippen LogP contribution in [0, 0.1) is 5.41 Å². The molecule has 1 unspecified atom stereocenters. The Kier molecular flexibility index (Phi) is 6.17. The van der Waals surface area contributed by atoms with Crippen LogP contribution in [0.1, 0.15) is 45.4 Å². The number of amides is 1. The fourth-order valence-electron chi connectivity index (χ4n) is 2.66. The van der Waals surface area contributed by atoms with E-state index in [9.17, 15) is 14.7 Å². The Morgan fingerprint density at radius 1 is 1.37 bits per heavy atom. The van der Waals surface area contributed by atoms with Gasteiger partial charge in [0.05, 0.1) is 5.41 Å². The minimum Gasteiger partial charge on any atom is -0.481 e. The van der Waals surface area contributed by atoms with E-state index in [1.54, 1.807) is 23.7 Å². The first kappa shape index (κ1) is 16.3. The van der Waals surface area contributed by atoms with E-state index in [1.165, 1.54) is 0 Å². The average Bonchev–Trinajstić information content (AvgIpc) is 2.84. The zero-order valence-electron chi connectivity index (χ0n) is 12.1. The summed E-state index contributed by atoms with van der Waals surface area (Å²) < 4.78 is 0. The number of thioether (sulfide) groups is 1. The third kappa shape index (κ3) is 4.13. The van der Waals surface area contributed by atoms with E-state index in [4.69, 9.17) is 0 Å². The van der Waals surface area contributed by atoms with Crippen LogP contribution in [-0.4, -0.2) is 47.0 Å². The summed E-state index contributed by atoms with van der Waals surface area (Å²) in [5.74, 6) is 0.185. The molecule has 1 aliphatic carbocycles. The van der Waals surface area contributed by atoms with E-state index in [1.807, 2.05) is 13.2 Å². The van der Waals surface area contributed by atoms with Crippen LogP contribution in [0.15, 0.2) is 0 Å². The van der Waals surface area contributed by atoms with E-state index in [2.05, 4.69) is 0 Å². The Morgan fingerprint density at radius 2 is 1.95 bits per heavy atom. The van der Waals surface area contributed by atoms with Crippen LogP contribution in [0.2, 0.25) is 0 Å². The zero-order valence-corrected chi connectivity index (χ0v) is 13.0. The summed E-state index contributed by atoms with van der Waals surface area (Å²) in [5.41, 5.74) is -0.801. The van der Waals surface area contributed by atoms with Crippen molar-refractivity contribution in [3.05, 3.63) is 0 Å². The Morgan fingerprint density at radius 3 is 2.42 bits per heavy atom. The van der Waals surface area contributed by atoms with E-state index >= 15 is 0 Å². The van der Waals surface area contributed by atoms with Crippen molar-refractivity contribution in [2.75, 3.05) is 19.1 Å². The summed E-state index contributed by atoms with van der Waals surface area (Å²) in [6, 6.07) is 0.173. The van der Waals surface area contributed by atoms with Crippen LogP contribution in [0.5, 0.6) is 0 Å². The normalized spacial score (nSPS) is 19.1. The first-order chi connectivity index (χ1) is 8.93. The van der Waals surface area contributed by atoms with Crippen molar-refractivity contribution in [3.63, 3.8) is 0 Å². The number of carbonyl (C=O) groups excluding carboxylic acids is 1. The highest BCUT2D eigenvalue weighted by molar-refractivity contribution is 7.98. The summed E-state index contributed by atoms with van der Waals surface area (Å²) >= 11 is 1.76. The summed E-state index contributed by atoms with van der Waals surface area (Å²) in [6.45, 7) is 2.02. The third-order valence-electron chi connectivity index (χ3n) is 4.30. The van der Waals surface area contributed by atoms with Crippen LogP contribution < -0.4 is 0 Å². The molecule has 1 rings (SSSR count). The van der Waals surface area contributed by atoms with E-state index in [0.29, 0.717) is 12.8 Å². The standard InChI is InChI=1S/C14H25NO3S/c1-11(6-9-19-3)15(2)12(16)10-14(13(17)18)7-4-5-8-14/h11H,4-10H2,1-3H3,(H,17,18). The second kappa shape index (κ2) is 7.17. The molecule has 0 aromatic rings. The average molecular weight is 287 g/mol. The van der Waals surface area contributed by atoms with Gasteiger partial charge in [0.25, 0.3) is 0 Å². The molecule has 4 nitrogen and oxygen atoms in total. The van der Waals surface area contributed by atoms with Gasteiger partial charge in [0.15, 0.2) is 0 Å². The lowest BCUT2D eigenvalue weighted by Gasteiger charge is -2.29. The molecule has 0 bridgehead atoms. The summed E-state index contributed by atoms with van der Waals surface area (Å²) in [6.07, 6.45) is 6.28. The number of carboxylic acids is 1. The Labute approximate surface area is 119 Å². The van der Waals surface area contributed by atoms with Gasteiger partial charge in [-0.25, -0.2) is 0 Å². The minimum absolute atomic E-state index is 0.0297. The SMILES string of the molecule is CSCCC(C)N(C)C(=O)CC1(C(=O)O)CCCC1. The molecular weight excluding hydrogens is 262 g/mol. The van der Waals surface area contributed by atoms with E-state index in [-0.39, 0.29) is 18.4 Å². The van der Waals surface area contributed by atoms with E-state index in [0.717, 1.165) is 25.0 Å². The van der Waals surface area contributed by atoms with Gasteiger partial charge < -0.3 is 10.0 Å². The predicted octanol–water partition coefficient (Wildman–Crippen LogP) is 2.62. The highest BCUT2D eigenvalue weighted by Gasteiger charge is 2.43. The van der Waals surface area contributed by atoms with E-state index < -0.39 is 11.4 Å². The molecular formula is C14H25NO3S. The lowest BCUT2D eigenvalue weighted by Crippen LogP contribution is -2.40. The fourth-order valence-corrected chi connectivity index (χ4v) is 3.24. The van der Waals surface area contributed by atoms with Crippen LogP contribution in [0.4, 0.5) is 0 Å². The summed E-state index contributed by atoms with van der Waals surface area (Å²) in [7, 11) is 1.79. The van der Waals surface area contributed by atoms with Crippen molar-refractivity contribution in [2.45, 2.75) is 51.5 Å². The molecule has 0 heterocycles. The highest BCUT2D eigenvalue weighted by Crippen LogP contribution is 2.41. The summed E-state index contributed by atoms with van der Waals surface area (Å²) in [4.78, 5) is 25.4. The number of carbonyl (C=O) groups is 2. The van der Waals surface area contributed by atoms with Gasteiger partial charge >= 0.3 is 5.97 Å². The largest absolute Gasteiger partial charge is 0.481 e. The molecule has 0 saturated heterocycles. The summed E-state index contributed by atoms with van der Waals surface area (Å²) in [5, 5.41) is 9.40. The number of nitrogens with zero attached hydrogens (tertiary/aromatic N) is 1. The van der Waals surface area contributed by atoms with Crippen molar-refractivity contribution in [2.24, 2.45) is 5.41 Å². The van der Waals surface area contributed by atoms with Crippen LogP contribution in [0.25, 0.3) is 0 Å². The third-order valence-corrected chi connectivity index (χ3v) is 4.94. The molecule has 0 spiro atoms. The molecule has 19 heavy (non-hydrogen) atoms. The van der Waals surface area contributed by atoms with Crippen molar-refractivity contribution in [1.29, 1.82) is 0 Å². The van der Waals surface area contributed by atoms with Gasteiger partial charge in [0, 0.05) is 19.5 Å². The quantitative estimate of drug-likeness (QED) is 0.782. The molecule has 0 aromatic heterocycles. The molecule has 1 fully saturated rings. The first-order valence-electron chi connectivity index (χ1n) is 6.91. The van der Waals surface area contributed by atoms with Gasteiger partial charge in [0.2, 0.25) is 5.91 Å². The highest BCUT2D eigenvalue weighted by atomic mass is 32.2. The maximum absolute atomic E-state index is 12.3. The molecule has 1 atom stereocenters. The van der Waals surface area contributed by atoms with Crippen molar-refractivity contribution < 1.29 is 14.7 Å². The number of hydrogen-bond donors (Lipinski definition) is 1. The Hall–Kier alpha value is -0.710. The molecule has 110 valence electrons. The molecule has 1 amide bonds. The number of aliphatic carboxylic acids is 1. The monoisotopic (exact) mass is 287 g/mol. The molecule has 0 aliphatic heterocycles. The van der Waals surface area contributed by atoms with Gasteiger partial charge in [-0.05, 0) is 38.2 Å². The molecule has 1 N–H and O–H groups in total. The molecule has 1 aliphatic rings. The van der Waals surface area contributed by atoms with Gasteiger partial charge in [-0.2, -0.15) is 11.8 Å².